The van der Waals surface area contributed by atoms with Crippen molar-refractivity contribution in [2.75, 3.05) is 25.3 Å². The van der Waals surface area contributed by atoms with Crippen LogP contribution in [0.4, 0.5) is 5.69 Å². The molecule has 1 saturated carbocycles. The van der Waals surface area contributed by atoms with Crippen molar-refractivity contribution in [3.8, 4) is 0 Å². The van der Waals surface area contributed by atoms with E-state index in [2.05, 4.69) is 9.44 Å². The maximum absolute atomic E-state index is 12.6. The Morgan fingerprint density at radius 1 is 0.917 bits per heavy atom. The summed E-state index contributed by atoms with van der Waals surface area (Å²) in [6.45, 7) is 0. The SMILES string of the molecule is CN(C)c1ccc(S(=O)(=O)N[C@H]2CCCC[C@@H]2NS(C)(=O)=O)cc1. The van der Waals surface area contributed by atoms with Crippen LogP contribution in [0.2, 0.25) is 0 Å². The van der Waals surface area contributed by atoms with Crippen molar-refractivity contribution in [3.05, 3.63) is 24.3 Å². The molecule has 0 saturated heterocycles. The molecule has 136 valence electrons. The summed E-state index contributed by atoms with van der Waals surface area (Å²) in [6.07, 6.45) is 4.08. The molecule has 0 unspecified atom stereocenters. The fourth-order valence-electron chi connectivity index (χ4n) is 2.88. The summed E-state index contributed by atoms with van der Waals surface area (Å²) in [4.78, 5) is 2.06. The summed E-state index contributed by atoms with van der Waals surface area (Å²) in [5, 5.41) is 0. The molecule has 2 N–H and O–H groups in total. The molecule has 0 spiro atoms. The Morgan fingerprint density at radius 3 is 1.88 bits per heavy atom. The van der Waals surface area contributed by atoms with E-state index in [1.54, 1.807) is 24.3 Å². The van der Waals surface area contributed by atoms with Gasteiger partial charge in [-0.25, -0.2) is 26.3 Å². The Balaban J connectivity index is 2.16. The number of nitrogens with one attached hydrogen (secondary N) is 2. The quantitative estimate of drug-likeness (QED) is 0.770. The first-order chi connectivity index (χ1) is 11.1. The third-order valence-electron chi connectivity index (χ3n) is 4.10. The Labute approximate surface area is 144 Å². The van der Waals surface area contributed by atoms with Gasteiger partial charge in [-0.1, -0.05) is 12.8 Å². The van der Waals surface area contributed by atoms with Gasteiger partial charge in [0, 0.05) is 31.9 Å². The van der Waals surface area contributed by atoms with E-state index in [1.165, 1.54) is 0 Å². The van der Waals surface area contributed by atoms with Crippen molar-refractivity contribution in [1.82, 2.24) is 9.44 Å². The lowest BCUT2D eigenvalue weighted by atomic mass is 9.92. The molecule has 0 heterocycles. The molecular formula is C15H25N3O4S2. The van der Waals surface area contributed by atoms with Crippen LogP contribution in [0.5, 0.6) is 0 Å². The highest BCUT2D eigenvalue weighted by Crippen LogP contribution is 2.22. The number of benzene rings is 1. The van der Waals surface area contributed by atoms with Crippen molar-refractivity contribution >= 4 is 25.7 Å². The van der Waals surface area contributed by atoms with Gasteiger partial charge in [0.2, 0.25) is 20.0 Å². The highest BCUT2D eigenvalue weighted by molar-refractivity contribution is 7.89. The zero-order valence-corrected chi connectivity index (χ0v) is 15.8. The van der Waals surface area contributed by atoms with E-state index < -0.39 is 32.1 Å². The minimum atomic E-state index is -3.69. The van der Waals surface area contributed by atoms with Gasteiger partial charge in [-0.15, -0.1) is 0 Å². The Hall–Kier alpha value is -1.16. The van der Waals surface area contributed by atoms with Crippen LogP contribution in [0, 0.1) is 0 Å². The molecule has 1 fully saturated rings. The van der Waals surface area contributed by atoms with Gasteiger partial charge in [0.25, 0.3) is 0 Å². The van der Waals surface area contributed by atoms with Crippen LogP contribution in [-0.2, 0) is 20.0 Å². The molecule has 0 amide bonds. The molecule has 24 heavy (non-hydrogen) atoms. The summed E-state index contributed by atoms with van der Waals surface area (Å²) in [5.74, 6) is 0. The number of sulfonamides is 2. The first-order valence-electron chi connectivity index (χ1n) is 7.85. The lowest BCUT2D eigenvalue weighted by Gasteiger charge is -2.32. The van der Waals surface area contributed by atoms with Gasteiger partial charge in [-0.05, 0) is 37.1 Å². The molecule has 0 aliphatic heterocycles. The molecular weight excluding hydrogens is 350 g/mol. The zero-order valence-electron chi connectivity index (χ0n) is 14.2. The normalized spacial score (nSPS) is 22.3. The van der Waals surface area contributed by atoms with Gasteiger partial charge in [-0.3, -0.25) is 0 Å². The molecule has 1 aromatic carbocycles. The van der Waals surface area contributed by atoms with Crippen LogP contribution in [0.25, 0.3) is 0 Å². The predicted octanol–water partition coefficient (Wildman–Crippen LogP) is 0.891. The minimum Gasteiger partial charge on any atom is -0.378 e. The average molecular weight is 376 g/mol. The highest BCUT2D eigenvalue weighted by Gasteiger charge is 2.31. The fourth-order valence-corrected chi connectivity index (χ4v) is 5.02. The number of hydrogen-bond donors (Lipinski definition) is 2. The van der Waals surface area contributed by atoms with Crippen LogP contribution in [-0.4, -0.2) is 49.3 Å². The smallest absolute Gasteiger partial charge is 0.240 e. The van der Waals surface area contributed by atoms with Crippen molar-refractivity contribution in [2.45, 2.75) is 42.7 Å². The van der Waals surface area contributed by atoms with E-state index in [9.17, 15) is 16.8 Å². The molecule has 9 heteroatoms. The zero-order chi connectivity index (χ0) is 18.0. The lowest BCUT2D eigenvalue weighted by Crippen LogP contribution is -2.52. The van der Waals surface area contributed by atoms with Crippen molar-refractivity contribution < 1.29 is 16.8 Å². The third-order valence-corrected chi connectivity index (χ3v) is 6.34. The molecule has 1 aromatic rings. The molecule has 0 radical (unpaired) electrons. The number of anilines is 1. The van der Waals surface area contributed by atoms with Crippen LogP contribution >= 0.6 is 0 Å². The van der Waals surface area contributed by atoms with Gasteiger partial charge in [0.15, 0.2) is 0 Å². The summed E-state index contributed by atoms with van der Waals surface area (Å²) < 4.78 is 53.4. The van der Waals surface area contributed by atoms with Crippen LogP contribution < -0.4 is 14.3 Å². The van der Waals surface area contributed by atoms with Gasteiger partial charge < -0.3 is 4.90 Å². The second-order valence-electron chi connectivity index (χ2n) is 6.40. The Bertz CT molecular complexity index is 758. The minimum absolute atomic E-state index is 0.178. The van der Waals surface area contributed by atoms with E-state index in [0.29, 0.717) is 12.8 Å². The topological polar surface area (TPSA) is 95.6 Å². The molecule has 0 aromatic heterocycles. The van der Waals surface area contributed by atoms with Crippen LogP contribution in [0.15, 0.2) is 29.2 Å². The predicted molar refractivity (Wildman–Crippen MR) is 95.1 cm³/mol. The second kappa shape index (κ2) is 7.38. The number of hydrogen-bond acceptors (Lipinski definition) is 5. The first kappa shape index (κ1) is 19.2. The summed E-state index contributed by atoms with van der Waals surface area (Å²) in [6, 6.07) is 5.74. The van der Waals surface area contributed by atoms with E-state index in [1.807, 2.05) is 19.0 Å². The van der Waals surface area contributed by atoms with E-state index in [0.717, 1.165) is 24.8 Å². The lowest BCUT2D eigenvalue weighted by molar-refractivity contribution is 0.340. The molecule has 1 aliphatic rings. The third kappa shape index (κ3) is 5.17. The van der Waals surface area contributed by atoms with Gasteiger partial charge in [0.1, 0.15) is 0 Å². The summed E-state index contributed by atoms with van der Waals surface area (Å²) in [5.41, 5.74) is 0.906. The monoisotopic (exact) mass is 375 g/mol. The van der Waals surface area contributed by atoms with Gasteiger partial charge in [-0.2, -0.15) is 0 Å². The van der Waals surface area contributed by atoms with Crippen LogP contribution in [0.1, 0.15) is 25.7 Å². The number of rotatable bonds is 6. The molecule has 7 nitrogen and oxygen atoms in total. The van der Waals surface area contributed by atoms with Crippen LogP contribution in [0.3, 0.4) is 0 Å². The summed E-state index contributed by atoms with van der Waals surface area (Å²) in [7, 11) is -3.32. The Kier molecular flexibility index (Phi) is 5.90. The fraction of sp³-hybridized carbons (Fsp3) is 0.600. The van der Waals surface area contributed by atoms with Crippen molar-refractivity contribution in [2.24, 2.45) is 0 Å². The number of nitrogens with zero attached hydrogens (tertiary/aromatic N) is 1. The standard InChI is InChI=1S/C15H25N3O4S2/c1-18(2)12-8-10-13(11-9-12)24(21,22)17-15-7-5-4-6-14(15)16-23(3,19)20/h8-11,14-17H,4-7H2,1-3H3/t14-,15-/m0/s1. The summed E-state index contributed by atoms with van der Waals surface area (Å²) >= 11 is 0. The van der Waals surface area contributed by atoms with E-state index in [4.69, 9.17) is 0 Å². The highest BCUT2D eigenvalue weighted by atomic mass is 32.2. The van der Waals surface area contributed by atoms with Crippen molar-refractivity contribution in [3.63, 3.8) is 0 Å². The maximum Gasteiger partial charge on any atom is 0.240 e. The maximum atomic E-state index is 12.6. The molecule has 1 aliphatic carbocycles. The molecule has 2 rings (SSSR count). The van der Waals surface area contributed by atoms with E-state index >= 15 is 0 Å². The second-order valence-corrected chi connectivity index (χ2v) is 9.89. The first-order valence-corrected chi connectivity index (χ1v) is 11.2. The average Bonchev–Trinajstić information content (AvgIpc) is 2.48. The molecule has 0 bridgehead atoms. The van der Waals surface area contributed by atoms with Gasteiger partial charge >= 0.3 is 0 Å². The van der Waals surface area contributed by atoms with Gasteiger partial charge in [0.05, 0.1) is 11.2 Å². The largest absolute Gasteiger partial charge is 0.378 e. The molecule has 2 atom stereocenters. The van der Waals surface area contributed by atoms with E-state index in [-0.39, 0.29) is 4.90 Å². The Morgan fingerprint density at radius 2 is 1.42 bits per heavy atom. The van der Waals surface area contributed by atoms with Crippen molar-refractivity contribution in [1.29, 1.82) is 0 Å².